The molecule has 8 heteroatoms. The Labute approximate surface area is 193 Å². The van der Waals surface area contributed by atoms with E-state index in [0.29, 0.717) is 28.0 Å². The first-order valence-corrected chi connectivity index (χ1v) is 11.2. The predicted molar refractivity (Wildman–Crippen MR) is 127 cm³/mol. The predicted octanol–water partition coefficient (Wildman–Crippen LogP) is 5.79. The van der Waals surface area contributed by atoms with Crippen molar-refractivity contribution in [2.24, 2.45) is 5.10 Å². The van der Waals surface area contributed by atoms with Gasteiger partial charge in [-0.3, -0.25) is 0 Å². The van der Waals surface area contributed by atoms with E-state index >= 15 is 0 Å². The van der Waals surface area contributed by atoms with E-state index in [9.17, 15) is 9.90 Å². The topological polar surface area (TPSA) is 78.9 Å². The van der Waals surface area contributed by atoms with Crippen LogP contribution in [0.4, 0.5) is 5.13 Å². The molecule has 4 aromatic rings. The van der Waals surface area contributed by atoms with Gasteiger partial charge >= 0.3 is 5.63 Å². The van der Waals surface area contributed by atoms with E-state index in [0.717, 1.165) is 16.8 Å². The molecular formula is C24H18ClN3O3S. The summed E-state index contributed by atoms with van der Waals surface area (Å²) in [5, 5.41) is 20.1. The zero-order chi connectivity index (χ0) is 22.2. The zero-order valence-corrected chi connectivity index (χ0v) is 18.6. The summed E-state index contributed by atoms with van der Waals surface area (Å²) in [5.41, 5.74) is 2.83. The Hall–Kier alpha value is -3.42. The molecule has 1 N–H and O–H groups in total. The van der Waals surface area contributed by atoms with E-state index in [1.165, 1.54) is 17.4 Å². The summed E-state index contributed by atoms with van der Waals surface area (Å²) in [4.78, 5) is 17.0. The highest BCUT2D eigenvalue weighted by molar-refractivity contribution is 7.14. The van der Waals surface area contributed by atoms with Crippen molar-refractivity contribution in [2.75, 3.05) is 5.01 Å². The van der Waals surface area contributed by atoms with Crippen LogP contribution in [-0.2, 0) is 0 Å². The number of nitrogens with zero attached hydrogens (tertiary/aromatic N) is 3. The SMILES string of the molecule is Cc1cc(O)c(-c2csc(N3N=C(c4ccccc4)CC3c3ccc(Cl)cc3)n2)c(=O)o1. The van der Waals surface area contributed by atoms with Gasteiger partial charge in [-0.1, -0.05) is 54.1 Å². The molecular weight excluding hydrogens is 446 g/mol. The minimum absolute atomic E-state index is 0.0487. The average Bonchev–Trinajstić information content (AvgIpc) is 3.42. The number of aryl methyl sites for hydroxylation is 1. The van der Waals surface area contributed by atoms with E-state index in [1.807, 2.05) is 59.6 Å². The number of rotatable bonds is 4. The molecule has 6 nitrogen and oxygen atoms in total. The largest absolute Gasteiger partial charge is 0.507 e. The van der Waals surface area contributed by atoms with Crippen molar-refractivity contribution in [2.45, 2.75) is 19.4 Å². The van der Waals surface area contributed by atoms with Gasteiger partial charge in [0.15, 0.2) is 0 Å². The molecule has 1 unspecified atom stereocenters. The van der Waals surface area contributed by atoms with Crippen molar-refractivity contribution >= 4 is 33.8 Å². The van der Waals surface area contributed by atoms with Crippen LogP contribution in [0.5, 0.6) is 5.75 Å². The van der Waals surface area contributed by atoms with Gasteiger partial charge in [-0.15, -0.1) is 11.3 Å². The standard InChI is InChI=1S/C24H18ClN3O3S/c1-14-11-21(29)22(23(30)31-14)19-13-32-24(26-19)28-20(16-7-9-17(25)10-8-16)12-18(27-28)15-5-3-2-4-6-15/h2-11,13,20,29H,12H2,1H3. The van der Waals surface area contributed by atoms with Gasteiger partial charge in [0.1, 0.15) is 17.1 Å². The molecule has 32 heavy (non-hydrogen) atoms. The van der Waals surface area contributed by atoms with Gasteiger partial charge in [-0.25, -0.2) is 14.8 Å². The maximum absolute atomic E-state index is 12.3. The van der Waals surface area contributed by atoms with Gasteiger partial charge in [0.05, 0.1) is 17.4 Å². The molecule has 0 saturated heterocycles. The average molecular weight is 464 g/mol. The molecule has 160 valence electrons. The molecule has 2 aromatic carbocycles. The Bertz CT molecular complexity index is 1360. The summed E-state index contributed by atoms with van der Waals surface area (Å²) >= 11 is 7.45. The van der Waals surface area contributed by atoms with Gasteiger partial charge in [-0.05, 0) is 30.2 Å². The highest BCUT2D eigenvalue weighted by atomic mass is 35.5. The second-order valence-corrected chi connectivity index (χ2v) is 8.72. The van der Waals surface area contributed by atoms with E-state index in [-0.39, 0.29) is 17.4 Å². The second-order valence-electron chi connectivity index (χ2n) is 7.45. The molecule has 0 aliphatic carbocycles. The van der Waals surface area contributed by atoms with Gasteiger partial charge in [0.2, 0.25) is 5.13 Å². The van der Waals surface area contributed by atoms with Gasteiger partial charge in [0.25, 0.3) is 0 Å². The number of hydrogen-bond donors (Lipinski definition) is 1. The fourth-order valence-corrected chi connectivity index (χ4v) is 4.69. The lowest BCUT2D eigenvalue weighted by atomic mass is 9.99. The first-order valence-electron chi connectivity index (χ1n) is 9.97. The van der Waals surface area contributed by atoms with Crippen molar-refractivity contribution in [3.05, 3.63) is 98.4 Å². The lowest BCUT2D eigenvalue weighted by Crippen LogP contribution is -2.18. The van der Waals surface area contributed by atoms with Crippen LogP contribution in [-0.4, -0.2) is 15.8 Å². The minimum atomic E-state index is -0.622. The third kappa shape index (κ3) is 3.81. The van der Waals surface area contributed by atoms with Crippen molar-refractivity contribution in [1.29, 1.82) is 0 Å². The van der Waals surface area contributed by atoms with Crippen molar-refractivity contribution in [1.82, 2.24) is 4.98 Å². The lowest BCUT2D eigenvalue weighted by Gasteiger charge is -2.21. The number of halogens is 1. The van der Waals surface area contributed by atoms with Crippen LogP contribution in [0.3, 0.4) is 0 Å². The number of hydrazone groups is 1. The highest BCUT2D eigenvalue weighted by Crippen LogP contribution is 2.40. The van der Waals surface area contributed by atoms with Crippen LogP contribution in [0.1, 0.15) is 29.3 Å². The van der Waals surface area contributed by atoms with Crippen LogP contribution in [0.2, 0.25) is 5.02 Å². The molecule has 1 atom stereocenters. The van der Waals surface area contributed by atoms with Crippen LogP contribution >= 0.6 is 22.9 Å². The Morgan fingerprint density at radius 1 is 1.16 bits per heavy atom. The smallest absolute Gasteiger partial charge is 0.349 e. The fourth-order valence-electron chi connectivity index (χ4n) is 3.75. The van der Waals surface area contributed by atoms with Gasteiger partial charge in [0, 0.05) is 22.9 Å². The quantitative estimate of drug-likeness (QED) is 0.414. The summed E-state index contributed by atoms with van der Waals surface area (Å²) in [7, 11) is 0. The van der Waals surface area contributed by atoms with E-state index in [4.69, 9.17) is 21.1 Å². The third-order valence-corrected chi connectivity index (χ3v) is 6.35. The van der Waals surface area contributed by atoms with E-state index in [1.54, 1.807) is 12.3 Å². The maximum Gasteiger partial charge on any atom is 0.349 e. The van der Waals surface area contributed by atoms with Crippen LogP contribution in [0.15, 0.2) is 80.4 Å². The van der Waals surface area contributed by atoms with E-state index < -0.39 is 5.63 Å². The summed E-state index contributed by atoms with van der Waals surface area (Å²) in [6.45, 7) is 1.61. The molecule has 3 heterocycles. The first kappa shape index (κ1) is 20.5. The minimum Gasteiger partial charge on any atom is -0.507 e. The Balaban J connectivity index is 1.57. The van der Waals surface area contributed by atoms with E-state index in [2.05, 4.69) is 4.98 Å². The first-order chi connectivity index (χ1) is 15.5. The molecule has 5 rings (SSSR count). The molecule has 1 aliphatic heterocycles. The molecule has 0 bridgehead atoms. The van der Waals surface area contributed by atoms with Crippen LogP contribution in [0, 0.1) is 6.92 Å². The molecule has 1 aliphatic rings. The Kier molecular flexibility index (Phi) is 5.28. The molecule has 0 radical (unpaired) electrons. The van der Waals surface area contributed by atoms with Gasteiger partial charge in [-0.2, -0.15) is 5.10 Å². The number of anilines is 1. The van der Waals surface area contributed by atoms with Gasteiger partial charge < -0.3 is 9.52 Å². The van der Waals surface area contributed by atoms with Crippen LogP contribution in [0.25, 0.3) is 11.3 Å². The van der Waals surface area contributed by atoms with Crippen LogP contribution < -0.4 is 10.6 Å². The van der Waals surface area contributed by atoms with Crippen molar-refractivity contribution < 1.29 is 9.52 Å². The van der Waals surface area contributed by atoms with Crippen molar-refractivity contribution in [3.8, 4) is 17.0 Å². The monoisotopic (exact) mass is 463 g/mol. The Morgan fingerprint density at radius 3 is 2.62 bits per heavy atom. The number of aromatic nitrogens is 1. The number of benzene rings is 2. The third-order valence-electron chi connectivity index (χ3n) is 5.27. The summed E-state index contributed by atoms with van der Waals surface area (Å²) in [6.07, 6.45) is 0.693. The number of aromatic hydroxyl groups is 1. The maximum atomic E-state index is 12.3. The second kappa shape index (κ2) is 8.26. The summed E-state index contributed by atoms with van der Waals surface area (Å²) < 4.78 is 5.15. The number of thiazole rings is 1. The molecule has 0 saturated carbocycles. The summed E-state index contributed by atoms with van der Waals surface area (Å²) in [5.74, 6) is 0.186. The lowest BCUT2D eigenvalue weighted by molar-refractivity contribution is 0.438. The number of hydrogen-bond acceptors (Lipinski definition) is 7. The fraction of sp³-hybridized carbons (Fsp3) is 0.125. The molecule has 0 amide bonds. The zero-order valence-electron chi connectivity index (χ0n) is 17.0. The highest BCUT2D eigenvalue weighted by Gasteiger charge is 2.32. The summed E-state index contributed by atoms with van der Waals surface area (Å²) in [6, 6.07) is 19.0. The molecule has 0 spiro atoms. The molecule has 2 aromatic heterocycles. The molecule has 0 fully saturated rings. The Morgan fingerprint density at radius 2 is 1.91 bits per heavy atom. The normalized spacial score (nSPS) is 15.8. The van der Waals surface area contributed by atoms with Crippen molar-refractivity contribution in [3.63, 3.8) is 0 Å².